The molecule has 17 heavy (non-hydrogen) atoms. The molecule has 0 atom stereocenters. The third-order valence-electron chi connectivity index (χ3n) is 2.78. The maximum Gasteiger partial charge on any atom is 0.123 e. The first-order chi connectivity index (χ1) is 7.89. The van der Waals surface area contributed by atoms with Crippen molar-refractivity contribution in [3.05, 3.63) is 47.5 Å². The summed E-state index contributed by atoms with van der Waals surface area (Å²) in [5.41, 5.74) is 8.43. The van der Waals surface area contributed by atoms with Crippen molar-refractivity contribution in [3.8, 4) is 5.69 Å². The molecule has 1 aromatic carbocycles. The summed E-state index contributed by atoms with van der Waals surface area (Å²) < 4.78 is 14.6. The van der Waals surface area contributed by atoms with Gasteiger partial charge in [-0.2, -0.15) is 5.10 Å². The zero-order valence-corrected chi connectivity index (χ0v) is 10.2. The Kier molecular flexibility index (Phi) is 2.75. The molecule has 0 unspecified atom stereocenters. The van der Waals surface area contributed by atoms with Crippen molar-refractivity contribution in [1.82, 2.24) is 9.78 Å². The molecule has 90 valence electrons. The number of halogens is 1. The first kappa shape index (κ1) is 11.8. The molecule has 0 saturated heterocycles. The summed E-state index contributed by atoms with van der Waals surface area (Å²) in [6.45, 7) is 5.83. The van der Waals surface area contributed by atoms with Gasteiger partial charge in [-0.05, 0) is 45.0 Å². The van der Waals surface area contributed by atoms with E-state index in [-0.39, 0.29) is 5.82 Å². The van der Waals surface area contributed by atoms with Crippen LogP contribution in [0.3, 0.4) is 0 Å². The summed E-state index contributed by atoms with van der Waals surface area (Å²) in [6.07, 6.45) is 1.76. The van der Waals surface area contributed by atoms with Crippen LogP contribution in [-0.2, 0) is 5.54 Å². The van der Waals surface area contributed by atoms with E-state index in [1.54, 1.807) is 23.0 Å². The molecule has 0 aliphatic heterocycles. The summed E-state index contributed by atoms with van der Waals surface area (Å²) in [6, 6.07) is 6.23. The average molecular weight is 233 g/mol. The van der Waals surface area contributed by atoms with Crippen LogP contribution in [0.1, 0.15) is 25.1 Å². The van der Waals surface area contributed by atoms with Crippen LogP contribution in [0.5, 0.6) is 0 Å². The molecule has 4 heteroatoms. The van der Waals surface area contributed by atoms with Gasteiger partial charge < -0.3 is 5.73 Å². The highest BCUT2D eigenvalue weighted by atomic mass is 19.1. The number of nitrogens with two attached hydrogens (primary N) is 1. The Morgan fingerprint density at radius 1 is 1.24 bits per heavy atom. The van der Waals surface area contributed by atoms with E-state index in [1.165, 1.54) is 12.1 Å². The molecule has 2 rings (SSSR count). The molecule has 2 aromatic rings. The quantitative estimate of drug-likeness (QED) is 0.866. The van der Waals surface area contributed by atoms with Crippen molar-refractivity contribution in [2.24, 2.45) is 5.73 Å². The Hall–Kier alpha value is -1.68. The molecule has 0 spiro atoms. The number of hydrogen-bond donors (Lipinski definition) is 1. The number of rotatable bonds is 2. The lowest BCUT2D eigenvalue weighted by atomic mass is 9.97. The predicted molar refractivity (Wildman–Crippen MR) is 65.5 cm³/mol. The Morgan fingerprint density at radius 3 is 2.29 bits per heavy atom. The average Bonchev–Trinajstić information content (AvgIpc) is 2.61. The van der Waals surface area contributed by atoms with Gasteiger partial charge in [0.05, 0.1) is 11.9 Å². The highest BCUT2D eigenvalue weighted by Gasteiger charge is 2.20. The van der Waals surface area contributed by atoms with Gasteiger partial charge in [0.25, 0.3) is 0 Å². The minimum atomic E-state index is -0.428. The van der Waals surface area contributed by atoms with Crippen LogP contribution >= 0.6 is 0 Å². The van der Waals surface area contributed by atoms with E-state index in [4.69, 9.17) is 5.73 Å². The van der Waals surface area contributed by atoms with Gasteiger partial charge in [-0.25, -0.2) is 9.07 Å². The minimum Gasteiger partial charge on any atom is -0.322 e. The van der Waals surface area contributed by atoms with Crippen molar-refractivity contribution in [3.63, 3.8) is 0 Å². The SMILES string of the molecule is Cc1c(C(C)(C)N)cnn1-c1ccc(F)cc1. The number of hydrogen-bond acceptors (Lipinski definition) is 2. The van der Waals surface area contributed by atoms with Crippen LogP contribution < -0.4 is 5.73 Å². The zero-order valence-electron chi connectivity index (χ0n) is 10.2. The Morgan fingerprint density at radius 2 is 1.82 bits per heavy atom. The number of benzene rings is 1. The van der Waals surface area contributed by atoms with Gasteiger partial charge in [-0.3, -0.25) is 0 Å². The van der Waals surface area contributed by atoms with E-state index in [2.05, 4.69) is 5.10 Å². The highest BCUT2D eigenvalue weighted by molar-refractivity contribution is 5.36. The second-order valence-electron chi connectivity index (χ2n) is 4.75. The van der Waals surface area contributed by atoms with Gasteiger partial charge in [0.15, 0.2) is 0 Å². The molecule has 0 bridgehead atoms. The van der Waals surface area contributed by atoms with Crippen molar-refractivity contribution in [2.75, 3.05) is 0 Å². The lowest BCUT2D eigenvalue weighted by Gasteiger charge is -2.18. The maximum absolute atomic E-state index is 12.8. The van der Waals surface area contributed by atoms with E-state index in [9.17, 15) is 4.39 Å². The van der Waals surface area contributed by atoms with Gasteiger partial charge in [0, 0.05) is 16.8 Å². The van der Waals surface area contributed by atoms with Crippen LogP contribution in [0.25, 0.3) is 5.69 Å². The molecule has 3 nitrogen and oxygen atoms in total. The largest absolute Gasteiger partial charge is 0.322 e. The number of aromatic nitrogens is 2. The molecule has 0 saturated carbocycles. The van der Waals surface area contributed by atoms with Crippen molar-refractivity contribution in [1.29, 1.82) is 0 Å². The van der Waals surface area contributed by atoms with E-state index in [0.29, 0.717) is 0 Å². The standard InChI is InChI=1S/C13H16FN3/c1-9-12(13(2,3)15)8-16-17(9)11-6-4-10(14)5-7-11/h4-8H,15H2,1-3H3. The van der Waals surface area contributed by atoms with Gasteiger partial charge in [-0.15, -0.1) is 0 Å². The number of nitrogens with zero attached hydrogens (tertiary/aromatic N) is 2. The fourth-order valence-electron chi connectivity index (χ4n) is 1.88. The summed E-state index contributed by atoms with van der Waals surface area (Å²) in [5.74, 6) is -0.252. The summed E-state index contributed by atoms with van der Waals surface area (Å²) in [7, 11) is 0. The fourth-order valence-corrected chi connectivity index (χ4v) is 1.88. The van der Waals surface area contributed by atoms with E-state index in [0.717, 1.165) is 16.9 Å². The van der Waals surface area contributed by atoms with Crippen molar-refractivity contribution < 1.29 is 4.39 Å². The third-order valence-corrected chi connectivity index (χ3v) is 2.78. The molecule has 0 aliphatic carbocycles. The van der Waals surface area contributed by atoms with Gasteiger partial charge in [0.1, 0.15) is 5.82 Å². The smallest absolute Gasteiger partial charge is 0.123 e. The maximum atomic E-state index is 12.8. The molecular formula is C13H16FN3. The Balaban J connectivity index is 2.48. The molecular weight excluding hydrogens is 217 g/mol. The van der Waals surface area contributed by atoms with Gasteiger partial charge in [-0.1, -0.05) is 0 Å². The van der Waals surface area contributed by atoms with Crippen molar-refractivity contribution >= 4 is 0 Å². The second-order valence-corrected chi connectivity index (χ2v) is 4.75. The molecule has 0 amide bonds. The lowest BCUT2D eigenvalue weighted by molar-refractivity contribution is 0.550. The Bertz CT molecular complexity index is 521. The molecule has 1 heterocycles. The first-order valence-corrected chi connectivity index (χ1v) is 5.49. The van der Waals surface area contributed by atoms with Crippen LogP contribution in [-0.4, -0.2) is 9.78 Å². The van der Waals surface area contributed by atoms with Gasteiger partial charge in [0.2, 0.25) is 0 Å². The molecule has 0 aliphatic rings. The van der Waals surface area contributed by atoms with Crippen LogP contribution in [0, 0.1) is 12.7 Å². The van der Waals surface area contributed by atoms with Crippen molar-refractivity contribution in [2.45, 2.75) is 26.3 Å². The second kappa shape index (κ2) is 3.96. The fraction of sp³-hybridized carbons (Fsp3) is 0.308. The zero-order chi connectivity index (χ0) is 12.6. The van der Waals surface area contributed by atoms with Gasteiger partial charge >= 0.3 is 0 Å². The predicted octanol–water partition coefficient (Wildman–Crippen LogP) is 2.51. The van der Waals surface area contributed by atoms with Crippen LogP contribution in [0.4, 0.5) is 4.39 Å². The molecule has 0 radical (unpaired) electrons. The van der Waals surface area contributed by atoms with Crippen LogP contribution in [0.15, 0.2) is 30.5 Å². The summed E-state index contributed by atoms with van der Waals surface area (Å²) >= 11 is 0. The highest BCUT2D eigenvalue weighted by Crippen LogP contribution is 2.22. The molecule has 2 N–H and O–H groups in total. The summed E-state index contributed by atoms with van der Waals surface area (Å²) in [4.78, 5) is 0. The Labute approximate surface area is 100 Å². The normalized spacial score (nSPS) is 11.8. The topological polar surface area (TPSA) is 43.8 Å². The van der Waals surface area contributed by atoms with E-state index >= 15 is 0 Å². The first-order valence-electron chi connectivity index (χ1n) is 5.49. The molecule has 0 fully saturated rings. The minimum absolute atomic E-state index is 0.252. The monoisotopic (exact) mass is 233 g/mol. The molecule has 1 aromatic heterocycles. The third kappa shape index (κ3) is 2.22. The van der Waals surface area contributed by atoms with E-state index < -0.39 is 5.54 Å². The van der Waals surface area contributed by atoms with E-state index in [1.807, 2.05) is 20.8 Å². The summed E-state index contributed by atoms with van der Waals surface area (Å²) in [5, 5.41) is 4.30. The lowest BCUT2D eigenvalue weighted by Crippen LogP contribution is -2.29. The van der Waals surface area contributed by atoms with Crippen LogP contribution in [0.2, 0.25) is 0 Å².